The highest BCUT2D eigenvalue weighted by Gasteiger charge is 2.22. The van der Waals surface area contributed by atoms with Crippen molar-refractivity contribution < 1.29 is 18.8 Å². The van der Waals surface area contributed by atoms with E-state index in [0.717, 1.165) is 6.42 Å². The van der Waals surface area contributed by atoms with Crippen LogP contribution in [-0.2, 0) is 14.3 Å². The van der Waals surface area contributed by atoms with Gasteiger partial charge in [-0.3, -0.25) is 9.59 Å². The predicted molar refractivity (Wildman–Crippen MR) is 83.8 cm³/mol. The topological polar surface area (TPSA) is 84.7 Å². The molecular weight excluding hydrogens is 306 g/mol. The molecule has 1 aliphatic rings. The lowest BCUT2D eigenvalue weighted by Crippen LogP contribution is -2.46. The predicted octanol–water partition coefficient (Wildman–Crippen LogP) is 1.29. The molecule has 2 amide bonds. The highest BCUT2D eigenvalue weighted by molar-refractivity contribution is 8.00. The zero-order valence-corrected chi connectivity index (χ0v) is 13.6. The highest BCUT2D eigenvalue weighted by atomic mass is 32.2. The van der Waals surface area contributed by atoms with Crippen LogP contribution < -0.4 is 5.32 Å². The molecule has 1 saturated heterocycles. The van der Waals surface area contributed by atoms with E-state index in [4.69, 9.17) is 9.26 Å². The summed E-state index contributed by atoms with van der Waals surface area (Å²) in [4.78, 5) is 25.6. The molecule has 0 aromatic carbocycles. The van der Waals surface area contributed by atoms with Crippen molar-refractivity contribution in [2.75, 3.05) is 36.5 Å². The summed E-state index contributed by atoms with van der Waals surface area (Å²) in [5.74, 6) is 1.39. The van der Waals surface area contributed by atoms with E-state index in [9.17, 15) is 9.59 Å². The van der Waals surface area contributed by atoms with Gasteiger partial charge < -0.3 is 19.5 Å². The number of nitrogens with one attached hydrogen (secondary N) is 1. The first-order valence-corrected chi connectivity index (χ1v) is 8.44. The molecule has 0 saturated carbocycles. The molecule has 0 aliphatic carbocycles. The Labute approximate surface area is 133 Å². The van der Waals surface area contributed by atoms with Gasteiger partial charge in [-0.15, -0.1) is 11.8 Å². The molecule has 0 unspecified atom stereocenters. The van der Waals surface area contributed by atoms with Crippen LogP contribution in [0.3, 0.4) is 0 Å². The van der Waals surface area contributed by atoms with Crippen molar-refractivity contribution in [1.82, 2.24) is 10.1 Å². The molecule has 122 valence electrons. The van der Waals surface area contributed by atoms with Gasteiger partial charge in [-0.1, -0.05) is 12.1 Å². The number of ether oxygens (including phenoxy) is 1. The summed E-state index contributed by atoms with van der Waals surface area (Å²) in [5.41, 5.74) is 0. The standard InChI is InChI=1S/C14H21N3O4S/c1-3-11-7-17(4-5-20-11)14(19)9-22-8-13(18)15-12-6-10(2)21-16-12/h6,11H,3-5,7-9H2,1-2H3,(H,15,16,18)/t11-/m0/s1. The van der Waals surface area contributed by atoms with Crippen molar-refractivity contribution in [3.05, 3.63) is 11.8 Å². The second kappa shape index (κ2) is 8.19. The molecule has 1 N–H and O–H groups in total. The number of aryl methyl sites for hydroxylation is 1. The second-order valence-corrected chi connectivity index (χ2v) is 6.09. The van der Waals surface area contributed by atoms with E-state index < -0.39 is 0 Å². The molecule has 0 spiro atoms. The Morgan fingerprint density at radius 1 is 1.50 bits per heavy atom. The van der Waals surface area contributed by atoms with Crippen molar-refractivity contribution >= 4 is 29.4 Å². The number of amides is 2. The average molecular weight is 327 g/mol. The molecule has 1 aliphatic heterocycles. The first-order valence-electron chi connectivity index (χ1n) is 7.28. The first-order chi connectivity index (χ1) is 10.6. The van der Waals surface area contributed by atoms with Gasteiger partial charge in [-0.25, -0.2) is 0 Å². The van der Waals surface area contributed by atoms with Crippen molar-refractivity contribution in [3.63, 3.8) is 0 Å². The Hall–Kier alpha value is -1.54. The van der Waals surface area contributed by atoms with Crippen LogP contribution >= 0.6 is 11.8 Å². The summed E-state index contributed by atoms with van der Waals surface area (Å²) >= 11 is 1.30. The Morgan fingerprint density at radius 2 is 2.32 bits per heavy atom. The summed E-state index contributed by atoms with van der Waals surface area (Å²) in [7, 11) is 0. The van der Waals surface area contributed by atoms with Gasteiger partial charge in [0.1, 0.15) is 5.76 Å². The first kappa shape index (κ1) is 16.8. The molecule has 7 nitrogen and oxygen atoms in total. The SMILES string of the molecule is CC[C@H]1CN(C(=O)CSCC(=O)Nc2cc(C)on2)CCO1. The molecule has 1 fully saturated rings. The molecule has 0 radical (unpaired) electrons. The monoisotopic (exact) mass is 327 g/mol. The Kier molecular flexibility index (Phi) is 6.26. The van der Waals surface area contributed by atoms with Gasteiger partial charge in [0, 0.05) is 19.2 Å². The molecule has 22 heavy (non-hydrogen) atoms. The maximum Gasteiger partial charge on any atom is 0.235 e. The Morgan fingerprint density at radius 3 is 3.00 bits per heavy atom. The number of nitrogens with zero attached hydrogens (tertiary/aromatic N) is 2. The van der Waals surface area contributed by atoms with Crippen LogP contribution in [0.2, 0.25) is 0 Å². The minimum atomic E-state index is -0.195. The molecule has 1 aromatic heterocycles. The van der Waals surface area contributed by atoms with Crippen molar-refractivity contribution in [1.29, 1.82) is 0 Å². The maximum absolute atomic E-state index is 12.1. The fourth-order valence-corrected chi connectivity index (χ4v) is 2.84. The minimum absolute atomic E-state index is 0.0526. The van der Waals surface area contributed by atoms with E-state index in [1.165, 1.54) is 11.8 Å². The van der Waals surface area contributed by atoms with Gasteiger partial charge in [0.2, 0.25) is 11.8 Å². The summed E-state index contributed by atoms with van der Waals surface area (Å²) < 4.78 is 10.4. The number of aromatic nitrogens is 1. The van der Waals surface area contributed by atoms with E-state index >= 15 is 0 Å². The minimum Gasteiger partial charge on any atom is -0.375 e. The summed E-state index contributed by atoms with van der Waals surface area (Å²) in [5, 5.41) is 6.31. The number of rotatable bonds is 6. The molecular formula is C14H21N3O4S. The van der Waals surface area contributed by atoms with Crippen molar-refractivity contribution in [2.24, 2.45) is 0 Å². The zero-order chi connectivity index (χ0) is 15.9. The van der Waals surface area contributed by atoms with Gasteiger partial charge in [-0.05, 0) is 13.3 Å². The van der Waals surface area contributed by atoms with Crippen LogP contribution in [0.25, 0.3) is 0 Å². The maximum atomic E-state index is 12.1. The number of hydrogen-bond donors (Lipinski definition) is 1. The quantitative estimate of drug-likeness (QED) is 0.847. The van der Waals surface area contributed by atoms with E-state index in [0.29, 0.717) is 37.0 Å². The largest absolute Gasteiger partial charge is 0.375 e. The molecule has 2 rings (SSSR count). The molecule has 2 heterocycles. The van der Waals surface area contributed by atoms with Crippen LogP contribution in [-0.4, -0.2) is 59.2 Å². The lowest BCUT2D eigenvalue weighted by molar-refractivity contribution is -0.135. The highest BCUT2D eigenvalue weighted by Crippen LogP contribution is 2.12. The third-order valence-electron chi connectivity index (χ3n) is 3.30. The third kappa shape index (κ3) is 5.03. The van der Waals surface area contributed by atoms with Crippen LogP contribution in [0.4, 0.5) is 5.82 Å². The molecule has 0 bridgehead atoms. The van der Waals surface area contributed by atoms with Gasteiger partial charge >= 0.3 is 0 Å². The summed E-state index contributed by atoms with van der Waals surface area (Å²) in [6.45, 7) is 5.65. The van der Waals surface area contributed by atoms with E-state index in [2.05, 4.69) is 10.5 Å². The number of thioether (sulfide) groups is 1. The van der Waals surface area contributed by atoms with Gasteiger partial charge in [0.25, 0.3) is 0 Å². The van der Waals surface area contributed by atoms with E-state index in [1.54, 1.807) is 13.0 Å². The fourth-order valence-electron chi connectivity index (χ4n) is 2.12. The Balaban J connectivity index is 1.67. The smallest absolute Gasteiger partial charge is 0.235 e. The van der Waals surface area contributed by atoms with E-state index in [1.807, 2.05) is 11.8 Å². The number of hydrogen-bond acceptors (Lipinski definition) is 6. The number of carbonyl (C=O) groups excluding carboxylic acids is 2. The number of anilines is 1. The van der Waals surface area contributed by atoms with Gasteiger partial charge in [0.15, 0.2) is 5.82 Å². The fraction of sp³-hybridized carbons (Fsp3) is 0.643. The van der Waals surface area contributed by atoms with Crippen molar-refractivity contribution in [2.45, 2.75) is 26.4 Å². The van der Waals surface area contributed by atoms with Crippen molar-refractivity contribution in [3.8, 4) is 0 Å². The third-order valence-corrected chi connectivity index (χ3v) is 4.22. The van der Waals surface area contributed by atoms with Crippen LogP contribution in [0.5, 0.6) is 0 Å². The summed E-state index contributed by atoms with van der Waals surface area (Å²) in [6.07, 6.45) is 1.03. The lowest BCUT2D eigenvalue weighted by Gasteiger charge is -2.32. The normalized spacial score (nSPS) is 18.3. The second-order valence-electron chi connectivity index (χ2n) is 5.10. The van der Waals surface area contributed by atoms with E-state index in [-0.39, 0.29) is 23.7 Å². The zero-order valence-electron chi connectivity index (χ0n) is 12.8. The number of carbonyl (C=O) groups is 2. The molecule has 8 heteroatoms. The van der Waals surface area contributed by atoms with Crippen LogP contribution in [0.1, 0.15) is 19.1 Å². The molecule has 1 aromatic rings. The van der Waals surface area contributed by atoms with Crippen LogP contribution in [0.15, 0.2) is 10.6 Å². The van der Waals surface area contributed by atoms with Gasteiger partial charge in [0.05, 0.1) is 24.2 Å². The average Bonchev–Trinajstić information content (AvgIpc) is 2.92. The molecule has 1 atom stereocenters. The van der Waals surface area contributed by atoms with Crippen LogP contribution in [0, 0.1) is 6.92 Å². The van der Waals surface area contributed by atoms with Gasteiger partial charge in [-0.2, -0.15) is 0 Å². The summed E-state index contributed by atoms with van der Waals surface area (Å²) in [6, 6.07) is 1.65. The Bertz CT molecular complexity index is 520. The lowest BCUT2D eigenvalue weighted by atomic mass is 10.2. The number of morpholine rings is 1.